The molecule has 0 aliphatic carbocycles. The molecule has 0 spiro atoms. The molecule has 7 heteroatoms. The highest BCUT2D eigenvalue weighted by molar-refractivity contribution is 5.94. The molecule has 0 radical (unpaired) electrons. The second kappa shape index (κ2) is 8.01. The number of rotatable bonds is 8. The van der Waals surface area contributed by atoms with Crippen LogP contribution in [0.25, 0.3) is 0 Å². The highest BCUT2D eigenvalue weighted by Gasteiger charge is 2.15. The molecule has 0 aliphatic rings. The van der Waals surface area contributed by atoms with Crippen molar-refractivity contribution in [1.82, 2.24) is 0 Å². The van der Waals surface area contributed by atoms with Gasteiger partial charge in [0.2, 0.25) is 5.91 Å². The first-order valence-corrected chi connectivity index (χ1v) is 6.47. The first-order valence-electron chi connectivity index (χ1n) is 6.47. The Hall–Kier alpha value is -2.41. The van der Waals surface area contributed by atoms with Crippen LogP contribution in [0.3, 0.4) is 0 Å². The van der Waals surface area contributed by atoms with Crippen molar-refractivity contribution in [2.24, 2.45) is 5.73 Å². The molecular formula is C14H18N2O5. The lowest BCUT2D eigenvalue weighted by atomic mass is 10.1. The average Bonchev–Trinajstić information content (AvgIpc) is 2.42. The maximum Gasteiger partial charge on any atom is 0.303 e. The zero-order chi connectivity index (χ0) is 15.8. The Morgan fingerprint density at radius 1 is 1.14 bits per heavy atom. The molecule has 114 valence electrons. The van der Waals surface area contributed by atoms with Crippen LogP contribution >= 0.6 is 0 Å². The summed E-state index contributed by atoms with van der Waals surface area (Å²) in [5.41, 5.74) is 6.89. The normalized spacial score (nSPS) is 11.7. The van der Waals surface area contributed by atoms with Crippen molar-refractivity contribution >= 4 is 23.5 Å². The maximum absolute atomic E-state index is 11.8. The number of nitrogens with two attached hydrogens (primary N) is 1. The quantitative estimate of drug-likeness (QED) is 0.562. The van der Waals surface area contributed by atoms with Crippen LogP contribution in [0.4, 0.5) is 5.69 Å². The molecule has 0 aromatic heterocycles. The van der Waals surface area contributed by atoms with Gasteiger partial charge in [-0.05, 0) is 30.5 Å². The Labute approximate surface area is 121 Å². The number of benzene rings is 1. The molecule has 7 nitrogen and oxygen atoms in total. The highest BCUT2D eigenvalue weighted by atomic mass is 16.4. The van der Waals surface area contributed by atoms with Gasteiger partial charge in [0.1, 0.15) is 0 Å². The summed E-state index contributed by atoms with van der Waals surface area (Å²) in [5.74, 6) is -2.36. The molecule has 1 unspecified atom stereocenters. The summed E-state index contributed by atoms with van der Waals surface area (Å²) in [6, 6.07) is 5.90. The Balaban J connectivity index is 2.57. The third-order valence-electron chi connectivity index (χ3n) is 2.83. The molecule has 0 heterocycles. The van der Waals surface area contributed by atoms with Crippen molar-refractivity contribution in [3.63, 3.8) is 0 Å². The van der Waals surface area contributed by atoms with E-state index in [2.05, 4.69) is 5.32 Å². The van der Waals surface area contributed by atoms with Crippen LogP contribution in [0.2, 0.25) is 0 Å². The van der Waals surface area contributed by atoms with Crippen molar-refractivity contribution in [2.45, 2.75) is 31.7 Å². The molecular weight excluding hydrogens is 276 g/mol. The maximum atomic E-state index is 11.8. The van der Waals surface area contributed by atoms with E-state index in [4.69, 9.17) is 15.9 Å². The molecule has 0 aliphatic heterocycles. The van der Waals surface area contributed by atoms with E-state index in [1.54, 1.807) is 24.3 Å². The predicted molar refractivity (Wildman–Crippen MR) is 75.9 cm³/mol. The second-order valence-electron chi connectivity index (χ2n) is 4.62. The van der Waals surface area contributed by atoms with Crippen molar-refractivity contribution in [1.29, 1.82) is 0 Å². The SMILES string of the molecule is NC(CCC(=O)O)C(=O)Nc1cccc(CCC(=O)O)c1. The molecule has 5 N–H and O–H groups in total. The largest absolute Gasteiger partial charge is 0.481 e. The fourth-order valence-corrected chi connectivity index (χ4v) is 1.70. The summed E-state index contributed by atoms with van der Waals surface area (Å²) in [4.78, 5) is 32.7. The van der Waals surface area contributed by atoms with Crippen LogP contribution in [0.1, 0.15) is 24.8 Å². The predicted octanol–water partition coefficient (Wildman–Crippen LogP) is 0.834. The van der Waals surface area contributed by atoms with Gasteiger partial charge in [0.05, 0.1) is 6.04 Å². The van der Waals surface area contributed by atoms with Gasteiger partial charge in [-0.25, -0.2) is 0 Å². The number of hydrogen-bond donors (Lipinski definition) is 4. The van der Waals surface area contributed by atoms with Crippen molar-refractivity contribution in [2.75, 3.05) is 5.32 Å². The molecule has 1 atom stereocenters. The number of amides is 1. The lowest BCUT2D eigenvalue weighted by Gasteiger charge is -2.12. The zero-order valence-corrected chi connectivity index (χ0v) is 11.4. The van der Waals surface area contributed by atoms with E-state index in [1.165, 1.54) is 0 Å². The third kappa shape index (κ3) is 6.53. The molecule has 1 aromatic carbocycles. The standard InChI is InChI=1S/C14H18N2O5/c15-11(5-7-13(19)20)14(21)16-10-3-1-2-9(8-10)4-6-12(17)18/h1-3,8,11H,4-7,15H2,(H,16,21)(H,17,18)(H,19,20). The summed E-state index contributed by atoms with van der Waals surface area (Å²) in [7, 11) is 0. The molecule has 0 saturated carbocycles. The number of carbonyl (C=O) groups is 3. The first kappa shape index (κ1) is 16.6. The van der Waals surface area contributed by atoms with Gasteiger partial charge in [-0.2, -0.15) is 0 Å². The Kier molecular flexibility index (Phi) is 6.35. The number of hydrogen-bond acceptors (Lipinski definition) is 4. The molecule has 1 rings (SSSR count). The fraction of sp³-hybridized carbons (Fsp3) is 0.357. The minimum Gasteiger partial charge on any atom is -0.481 e. The van der Waals surface area contributed by atoms with Crippen LogP contribution in [-0.4, -0.2) is 34.1 Å². The number of carbonyl (C=O) groups excluding carboxylic acids is 1. The molecule has 1 aromatic rings. The van der Waals surface area contributed by atoms with Crippen LogP contribution < -0.4 is 11.1 Å². The second-order valence-corrected chi connectivity index (χ2v) is 4.62. The first-order chi connectivity index (χ1) is 9.88. The van der Waals surface area contributed by atoms with E-state index >= 15 is 0 Å². The van der Waals surface area contributed by atoms with Gasteiger partial charge < -0.3 is 21.3 Å². The van der Waals surface area contributed by atoms with Gasteiger partial charge in [0.25, 0.3) is 0 Å². The lowest BCUT2D eigenvalue weighted by molar-refractivity contribution is -0.138. The third-order valence-corrected chi connectivity index (χ3v) is 2.83. The zero-order valence-electron chi connectivity index (χ0n) is 11.4. The summed E-state index contributed by atoms with van der Waals surface area (Å²) < 4.78 is 0. The van der Waals surface area contributed by atoms with E-state index in [0.29, 0.717) is 12.1 Å². The number of aliphatic carboxylic acids is 2. The highest BCUT2D eigenvalue weighted by Crippen LogP contribution is 2.13. The van der Waals surface area contributed by atoms with Crippen molar-refractivity contribution in [3.8, 4) is 0 Å². The summed E-state index contributed by atoms with van der Waals surface area (Å²) in [6.07, 6.45) is 0.257. The van der Waals surface area contributed by atoms with Crippen LogP contribution in [0.15, 0.2) is 24.3 Å². The smallest absolute Gasteiger partial charge is 0.303 e. The van der Waals surface area contributed by atoms with Crippen molar-refractivity contribution < 1.29 is 24.6 Å². The van der Waals surface area contributed by atoms with Crippen LogP contribution in [0, 0.1) is 0 Å². The molecule has 1 amide bonds. The number of anilines is 1. The Morgan fingerprint density at radius 2 is 1.81 bits per heavy atom. The summed E-state index contributed by atoms with van der Waals surface area (Å²) in [5, 5.41) is 19.8. The van der Waals surface area contributed by atoms with Crippen LogP contribution in [0.5, 0.6) is 0 Å². The van der Waals surface area contributed by atoms with Gasteiger partial charge in [-0.15, -0.1) is 0 Å². The molecule has 0 bridgehead atoms. The topological polar surface area (TPSA) is 130 Å². The van der Waals surface area contributed by atoms with Crippen LogP contribution in [-0.2, 0) is 20.8 Å². The van der Waals surface area contributed by atoms with E-state index in [1.807, 2.05) is 0 Å². The lowest BCUT2D eigenvalue weighted by Crippen LogP contribution is -2.36. The summed E-state index contributed by atoms with van der Waals surface area (Å²) in [6.45, 7) is 0. The van der Waals surface area contributed by atoms with Crippen molar-refractivity contribution in [3.05, 3.63) is 29.8 Å². The number of nitrogens with one attached hydrogen (secondary N) is 1. The number of carboxylic acid groups (broad SMARTS) is 2. The van der Waals surface area contributed by atoms with Gasteiger partial charge in [-0.1, -0.05) is 12.1 Å². The minimum absolute atomic E-state index is 0.00945. The Bertz CT molecular complexity index is 530. The molecule has 21 heavy (non-hydrogen) atoms. The van der Waals surface area contributed by atoms with E-state index < -0.39 is 23.9 Å². The minimum atomic E-state index is -1.01. The van der Waals surface area contributed by atoms with E-state index in [-0.39, 0.29) is 19.3 Å². The van der Waals surface area contributed by atoms with E-state index in [0.717, 1.165) is 5.56 Å². The average molecular weight is 294 g/mol. The van der Waals surface area contributed by atoms with Gasteiger partial charge >= 0.3 is 11.9 Å². The molecule has 0 saturated heterocycles. The number of aryl methyl sites for hydroxylation is 1. The number of carboxylic acids is 2. The summed E-state index contributed by atoms with van der Waals surface area (Å²) >= 11 is 0. The Morgan fingerprint density at radius 3 is 2.43 bits per heavy atom. The van der Waals surface area contributed by atoms with Gasteiger partial charge in [0.15, 0.2) is 0 Å². The van der Waals surface area contributed by atoms with Gasteiger partial charge in [0, 0.05) is 18.5 Å². The van der Waals surface area contributed by atoms with E-state index in [9.17, 15) is 14.4 Å². The fourth-order valence-electron chi connectivity index (χ4n) is 1.70. The molecule has 0 fully saturated rings. The monoisotopic (exact) mass is 294 g/mol. The van der Waals surface area contributed by atoms with Gasteiger partial charge in [-0.3, -0.25) is 14.4 Å².